The van der Waals surface area contributed by atoms with Crippen molar-refractivity contribution < 1.29 is 9.00 Å². The van der Waals surface area contributed by atoms with E-state index in [-0.39, 0.29) is 34.4 Å². The van der Waals surface area contributed by atoms with Crippen molar-refractivity contribution in [2.45, 2.75) is 25.0 Å². The number of carbonyl (C=O) groups excluding carboxylic acids is 1. The summed E-state index contributed by atoms with van der Waals surface area (Å²) in [7, 11) is -3.32. The van der Waals surface area contributed by atoms with Gasteiger partial charge in [0.15, 0.2) is 11.5 Å². The molecule has 0 saturated carbocycles. The van der Waals surface area contributed by atoms with E-state index in [2.05, 4.69) is 19.3 Å². The smallest absolute Gasteiger partial charge is 0.328 e. The van der Waals surface area contributed by atoms with Gasteiger partial charge in [0.2, 0.25) is 5.16 Å². The zero-order valence-corrected chi connectivity index (χ0v) is 18.2. The van der Waals surface area contributed by atoms with Crippen LogP contribution in [0.4, 0.5) is 5.82 Å². The number of nitrogens with two attached hydrogens (primary N) is 1. The Morgan fingerprint density at radius 3 is 2.41 bits per heavy atom. The lowest BCUT2D eigenvalue weighted by Gasteiger charge is -2.10. The Balaban J connectivity index is 1.87. The number of rotatable bonds is 6. The number of H-pyrrole nitrogens is 1. The molecule has 1 atom stereocenters. The van der Waals surface area contributed by atoms with Gasteiger partial charge in [0, 0.05) is 11.3 Å². The summed E-state index contributed by atoms with van der Waals surface area (Å²) in [6, 6.07) is 17.7. The minimum absolute atomic E-state index is 0.0277. The highest BCUT2D eigenvalue weighted by Crippen LogP contribution is 2.21. The third-order valence-electron chi connectivity index (χ3n) is 4.83. The van der Waals surface area contributed by atoms with Crippen molar-refractivity contribution in [3.63, 3.8) is 0 Å². The zero-order valence-electron chi connectivity index (χ0n) is 17.4. The first kappa shape index (κ1) is 21.4. The number of anilines is 1. The van der Waals surface area contributed by atoms with Crippen LogP contribution in [0.3, 0.4) is 0 Å². The molecule has 9 nitrogen and oxygen atoms in total. The maximum absolute atomic E-state index is 13.8. The second-order valence-electron chi connectivity index (χ2n) is 7.20. The summed E-state index contributed by atoms with van der Waals surface area (Å²) in [5.74, 6) is -0.578. The van der Waals surface area contributed by atoms with Gasteiger partial charge in [-0.05, 0) is 24.1 Å². The number of aromatic amines is 1. The second-order valence-corrected chi connectivity index (χ2v) is 9.44. The molecule has 2 aromatic carbocycles. The minimum Gasteiger partial charge on any atom is -0.382 e. The Morgan fingerprint density at radius 2 is 1.75 bits per heavy atom. The first-order valence-corrected chi connectivity index (χ1v) is 11.7. The van der Waals surface area contributed by atoms with Crippen LogP contribution in [0.1, 0.15) is 29.3 Å². The fraction of sp³-hybridized carbons (Fsp3) is 0.182. The monoisotopic (exact) mass is 450 g/mol. The Hall–Kier alpha value is -3.79. The summed E-state index contributed by atoms with van der Waals surface area (Å²) in [5.41, 5.74) is 7.33. The molecule has 4 aromatic rings. The van der Waals surface area contributed by atoms with Gasteiger partial charge in [-0.15, -0.1) is 0 Å². The molecule has 2 heterocycles. The number of benzene rings is 2. The van der Waals surface area contributed by atoms with Crippen molar-refractivity contribution in [3.8, 4) is 0 Å². The quantitative estimate of drug-likeness (QED) is 0.434. The number of fused-ring (bicyclic) bond motifs is 1. The molecular formula is C22H22N6O3S. The van der Waals surface area contributed by atoms with Gasteiger partial charge in [0.25, 0.3) is 5.91 Å². The van der Waals surface area contributed by atoms with Crippen LogP contribution < -0.4 is 11.4 Å². The fourth-order valence-electron chi connectivity index (χ4n) is 3.31. The third kappa shape index (κ3) is 4.17. The van der Waals surface area contributed by atoms with Crippen LogP contribution in [0, 0.1) is 0 Å². The van der Waals surface area contributed by atoms with Gasteiger partial charge in [-0.25, -0.2) is 14.0 Å². The van der Waals surface area contributed by atoms with Crippen LogP contribution in [-0.4, -0.2) is 35.4 Å². The van der Waals surface area contributed by atoms with Crippen LogP contribution in [0.25, 0.3) is 11.2 Å². The van der Waals surface area contributed by atoms with Crippen molar-refractivity contribution in [3.05, 3.63) is 82.3 Å². The first-order valence-electron chi connectivity index (χ1n) is 10.1. The van der Waals surface area contributed by atoms with Gasteiger partial charge < -0.3 is 10.7 Å². The van der Waals surface area contributed by atoms with E-state index < -0.39 is 21.3 Å². The van der Waals surface area contributed by atoms with Crippen LogP contribution in [0.2, 0.25) is 0 Å². The van der Waals surface area contributed by atoms with E-state index in [1.807, 2.05) is 37.3 Å². The number of nitrogens with one attached hydrogen (secondary N) is 1. The maximum Gasteiger partial charge on any atom is 0.328 e. The lowest BCUT2D eigenvalue weighted by Crippen LogP contribution is -2.18. The maximum atomic E-state index is 13.8. The van der Waals surface area contributed by atoms with Crippen molar-refractivity contribution in [1.82, 2.24) is 19.5 Å². The molecule has 2 aromatic heterocycles. The molecule has 0 fully saturated rings. The molecule has 0 aliphatic carbocycles. The third-order valence-corrected chi connectivity index (χ3v) is 7.01. The Bertz CT molecular complexity index is 1450. The molecule has 32 heavy (non-hydrogen) atoms. The lowest BCUT2D eigenvalue weighted by molar-refractivity contribution is 0.100. The molecule has 3 N–H and O–H groups in total. The molecule has 0 saturated heterocycles. The SMILES string of the molecule is CCCS(=O)(=NC(=O)c1ccccc1)c1nc(N)c2[nH]c(=O)n(Cc3ccccc3)c2n1. The molecule has 0 spiro atoms. The molecular weight excluding hydrogens is 428 g/mol. The van der Waals surface area contributed by atoms with Gasteiger partial charge in [-0.2, -0.15) is 9.35 Å². The van der Waals surface area contributed by atoms with Crippen LogP contribution in [-0.2, 0) is 16.3 Å². The number of nitrogen functional groups attached to an aromatic ring is 1. The highest BCUT2D eigenvalue weighted by atomic mass is 32.2. The molecule has 0 bridgehead atoms. The molecule has 0 aliphatic heterocycles. The van der Waals surface area contributed by atoms with Gasteiger partial charge in [0.05, 0.1) is 6.54 Å². The average molecular weight is 451 g/mol. The van der Waals surface area contributed by atoms with Crippen LogP contribution in [0.15, 0.2) is 75.0 Å². The molecule has 164 valence electrons. The van der Waals surface area contributed by atoms with E-state index in [9.17, 15) is 13.8 Å². The number of amides is 1. The molecule has 1 amide bonds. The zero-order chi connectivity index (χ0) is 22.7. The fourth-order valence-corrected chi connectivity index (χ4v) is 5.06. The lowest BCUT2D eigenvalue weighted by atomic mass is 10.2. The van der Waals surface area contributed by atoms with Crippen LogP contribution >= 0.6 is 0 Å². The standard InChI is InChI=1S/C22H22N6O3S/c1-2-13-32(31,27-20(29)16-11-7-4-8-12-16)21-25-18(23)17-19(26-21)28(22(30)24-17)14-15-9-5-3-6-10-15/h3-12H,2,13-14H2,1H3,(H,24,30)(H2,23,25,26). The summed E-state index contributed by atoms with van der Waals surface area (Å²) in [6.07, 6.45) is 0.482. The van der Waals surface area contributed by atoms with E-state index in [4.69, 9.17) is 5.73 Å². The average Bonchev–Trinajstić information content (AvgIpc) is 3.11. The number of carbonyl (C=O) groups is 1. The van der Waals surface area contributed by atoms with E-state index in [1.54, 1.807) is 30.3 Å². The predicted molar refractivity (Wildman–Crippen MR) is 123 cm³/mol. The van der Waals surface area contributed by atoms with Crippen molar-refractivity contribution in [2.75, 3.05) is 11.5 Å². The van der Waals surface area contributed by atoms with Crippen molar-refractivity contribution in [1.29, 1.82) is 0 Å². The van der Waals surface area contributed by atoms with Crippen LogP contribution in [0.5, 0.6) is 0 Å². The minimum atomic E-state index is -3.32. The molecule has 1 unspecified atom stereocenters. The van der Waals surface area contributed by atoms with Gasteiger partial charge in [-0.3, -0.25) is 9.36 Å². The molecule has 10 heteroatoms. The number of hydrogen-bond acceptors (Lipinski definition) is 6. The summed E-state index contributed by atoms with van der Waals surface area (Å²) in [4.78, 5) is 36.5. The Kier molecular flexibility index (Phi) is 5.87. The van der Waals surface area contributed by atoms with Crippen molar-refractivity contribution in [2.24, 2.45) is 4.36 Å². The number of aromatic nitrogens is 4. The predicted octanol–water partition coefficient (Wildman–Crippen LogP) is 2.83. The van der Waals surface area contributed by atoms with Gasteiger partial charge in [-0.1, -0.05) is 55.5 Å². The van der Waals surface area contributed by atoms with Gasteiger partial charge >= 0.3 is 5.69 Å². The number of imidazole rings is 1. The van der Waals surface area contributed by atoms with Gasteiger partial charge in [0.1, 0.15) is 15.2 Å². The number of hydrogen-bond donors (Lipinski definition) is 2. The van der Waals surface area contributed by atoms with E-state index in [0.717, 1.165) is 5.56 Å². The second kappa shape index (κ2) is 8.75. The Labute approximate surface area is 184 Å². The summed E-state index contributed by atoms with van der Waals surface area (Å²) >= 11 is 0. The highest BCUT2D eigenvalue weighted by Gasteiger charge is 2.23. The summed E-state index contributed by atoms with van der Waals surface area (Å²) in [5, 5.41) is -0.158. The van der Waals surface area contributed by atoms with Crippen molar-refractivity contribution >= 4 is 32.6 Å². The molecule has 0 aliphatic rings. The molecule has 4 rings (SSSR count). The molecule has 0 radical (unpaired) electrons. The largest absolute Gasteiger partial charge is 0.382 e. The summed E-state index contributed by atoms with van der Waals surface area (Å²) in [6.45, 7) is 2.07. The number of nitrogens with zero attached hydrogens (tertiary/aromatic N) is 4. The van der Waals surface area contributed by atoms with E-state index in [1.165, 1.54) is 4.57 Å². The topological polar surface area (TPSA) is 136 Å². The normalized spacial score (nSPS) is 13.0. The van der Waals surface area contributed by atoms with E-state index >= 15 is 0 Å². The first-order chi connectivity index (χ1) is 15.4. The highest BCUT2D eigenvalue weighted by molar-refractivity contribution is 7.93. The van der Waals surface area contributed by atoms with E-state index in [0.29, 0.717) is 12.0 Å². The Morgan fingerprint density at radius 1 is 1.09 bits per heavy atom. The summed E-state index contributed by atoms with van der Waals surface area (Å²) < 4.78 is 19.2.